The first-order valence-electron chi connectivity index (χ1n) is 9.91. The standard InChI is InChI=1S/C22H28N4O3/c1-4-26(18-11-5-6-12-19(18)29-3)14-8-13-23-22(28)16-9-7-10-17-20(16)24-15(2)21(27)25-17/h5-7,9-12,15,24H,4,8,13-14H2,1-3H3,(H,23,28)(H,25,27). The molecule has 0 saturated carbocycles. The Labute approximate surface area is 171 Å². The Morgan fingerprint density at radius 2 is 2.00 bits per heavy atom. The fraction of sp³-hybridized carbons (Fsp3) is 0.364. The molecule has 29 heavy (non-hydrogen) atoms. The number of hydrogen-bond donors (Lipinski definition) is 3. The average molecular weight is 396 g/mol. The van der Waals surface area contributed by atoms with Crippen molar-refractivity contribution in [1.82, 2.24) is 5.32 Å². The molecule has 1 atom stereocenters. The molecule has 0 radical (unpaired) electrons. The van der Waals surface area contributed by atoms with Crippen molar-refractivity contribution < 1.29 is 14.3 Å². The number of nitrogens with zero attached hydrogens (tertiary/aromatic N) is 1. The highest BCUT2D eigenvalue weighted by Gasteiger charge is 2.25. The summed E-state index contributed by atoms with van der Waals surface area (Å²) in [5, 5.41) is 8.92. The zero-order valence-corrected chi connectivity index (χ0v) is 17.1. The van der Waals surface area contributed by atoms with Crippen molar-refractivity contribution in [2.75, 3.05) is 42.3 Å². The van der Waals surface area contributed by atoms with Crippen LogP contribution in [-0.2, 0) is 4.79 Å². The SMILES string of the molecule is CCN(CCCNC(=O)c1cccc2c1NC(C)C(=O)N2)c1ccccc1OC. The third-order valence-electron chi connectivity index (χ3n) is 5.02. The predicted molar refractivity (Wildman–Crippen MR) is 116 cm³/mol. The summed E-state index contributed by atoms with van der Waals surface area (Å²) in [4.78, 5) is 26.7. The number of anilines is 3. The molecule has 7 nitrogen and oxygen atoms in total. The van der Waals surface area contributed by atoms with Crippen LogP contribution >= 0.6 is 0 Å². The second-order valence-electron chi connectivity index (χ2n) is 6.94. The second kappa shape index (κ2) is 9.32. The Balaban J connectivity index is 1.58. The molecule has 2 amide bonds. The molecule has 1 heterocycles. The summed E-state index contributed by atoms with van der Waals surface area (Å²) < 4.78 is 5.45. The molecule has 154 valence electrons. The molecule has 3 rings (SSSR count). The zero-order valence-electron chi connectivity index (χ0n) is 17.1. The van der Waals surface area contributed by atoms with E-state index in [2.05, 4.69) is 27.8 Å². The minimum atomic E-state index is -0.379. The van der Waals surface area contributed by atoms with E-state index in [4.69, 9.17) is 4.74 Å². The quantitative estimate of drug-likeness (QED) is 0.598. The van der Waals surface area contributed by atoms with Crippen LogP contribution in [0.25, 0.3) is 0 Å². The fourth-order valence-corrected chi connectivity index (χ4v) is 3.43. The third-order valence-corrected chi connectivity index (χ3v) is 5.02. The van der Waals surface area contributed by atoms with Gasteiger partial charge < -0.3 is 25.6 Å². The Hall–Kier alpha value is -3.22. The van der Waals surface area contributed by atoms with E-state index in [0.29, 0.717) is 23.5 Å². The van der Waals surface area contributed by atoms with Gasteiger partial charge in [0.15, 0.2) is 0 Å². The molecule has 0 spiro atoms. The number of rotatable bonds is 8. The Bertz CT molecular complexity index is 884. The highest BCUT2D eigenvalue weighted by molar-refractivity contribution is 6.09. The number of fused-ring (bicyclic) bond motifs is 1. The molecule has 1 aliphatic rings. The molecule has 2 aromatic carbocycles. The van der Waals surface area contributed by atoms with Crippen LogP contribution in [-0.4, -0.2) is 44.6 Å². The van der Waals surface area contributed by atoms with E-state index in [-0.39, 0.29) is 17.9 Å². The number of nitrogens with one attached hydrogen (secondary N) is 3. The Morgan fingerprint density at radius 3 is 2.76 bits per heavy atom. The number of carbonyl (C=O) groups excluding carboxylic acids is 2. The summed E-state index contributed by atoms with van der Waals surface area (Å²) in [6.45, 7) is 6.07. The first kappa shape index (κ1) is 20.5. The highest BCUT2D eigenvalue weighted by atomic mass is 16.5. The van der Waals surface area contributed by atoms with E-state index in [1.54, 1.807) is 32.2 Å². The number of para-hydroxylation sites is 3. The fourth-order valence-electron chi connectivity index (χ4n) is 3.43. The average Bonchev–Trinajstić information content (AvgIpc) is 2.74. The second-order valence-corrected chi connectivity index (χ2v) is 6.94. The van der Waals surface area contributed by atoms with Crippen LogP contribution in [0.4, 0.5) is 17.1 Å². The van der Waals surface area contributed by atoms with Crippen LogP contribution in [0.3, 0.4) is 0 Å². The first-order valence-corrected chi connectivity index (χ1v) is 9.91. The van der Waals surface area contributed by atoms with Crippen molar-refractivity contribution in [1.29, 1.82) is 0 Å². The van der Waals surface area contributed by atoms with Crippen molar-refractivity contribution >= 4 is 28.9 Å². The Morgan fingerprint density at radius 1 is 1.21 bits per heavy atom. The molecular weight excluding hydrogens is 368 g/mol. The minimum Gasteiger partial charge on any atom is -0.495 e. The van der Waals surface area contributed by atoms with Gasteiger partial charge >= 0.3 is 0 Å². The van der Waals surface area contributed by atoms with E-state index in [9.17, 15) is 9.59 Å². The van der Waals surface area contributed by atoms with Gasteiger partial charge in [-0.1, -0.05) is 18.2 Å². The largest absolute Gasteiger partial charge is 0.495 e. The van der Waals surface area contributed by atoms with Gasteiger partial charge in [-0.3, -0.25) is 9.59 Å². The van der Waals surface area contributed by atoms with Gasteiger partial charge in [0, 0.05) is 19.6 Å². The molecule has 0 bridgehead atoms. The van der Waals surface area contributed by atoms with E-state index in [0.717, 1.165) is 30.9 Å². The molecule has 7 heteroatoms. The van der Waals surface area contributed by atoms with E-state index in [1.165, 1.54) is 0 Å². The van der Waals surface area contributed by atoms with Crippen molar-refractivity contribution in [2.24, 2.45) is 0 Å². The lowest BCUT2D eigenvalue weighted by Crippen LogP contribution is -2.38. The van der Waals surface area contributed by atoms with Gasteiger partial charge in [0.25, 0.3) is 5.91 Å². The van der Waals surface area contributed by atoms with Crippen LogP contribution in [0, 0.1) is 0 Å². The monoisotopic (exact) mass is 396 g/mol. The lowest BCUT2D eigenvalue weighted by Gasteiger charge is -2.26. The molecule has 1 unspecified atom stereocenters. The van der Waals surface area contributed by atoms with E-state index in [1.807, 2.05) is 24.3 Å². The third kappa shape index (κ3) is 4.62. The summed E-state index contributed by atoms with van der Waals surface area (Å²) in [5.74, 6) is 0.584. The van der Waals surface area contributed by atoms with Gasteiger partial charge in [0.05, 0.1) is 29.7 Å². The van der Waals surface area contributed by atoms with Gasteiger partial charge in [0.1, 0.15) is 11.8 Å². The number of hydrogen-bond acceptors (Lipinski definition) is 5. The molecule has 0 aliphatic carbocycles. The van der Waals surface area contributed by atoms with Gasteiger partial charge in [0.2, 0.25) is 5.91 Å². The summed E-state index contributed by atoms with van der Waals surface area (Å²) >= 11 is 0. The number of amides is 2. The predicted octanol–water partition coefficient (Wildman–Crippen LogP) is 3.09. The van der Waals surface area contributed by atoms with Crippen LogP contribution in [0.1, 0.15) is 30.6 Å². The van der Waals surface area contributed by atoms with Crippen LogP contribution in [0.15, 0.2) is 42.5 Å². The normalized spacial score (nSPS) is 15.0. The van der Waals surface area contributed by atoms with Crippen LogP contribution in [0.2, 0.25) is 0 Å². The summed E-state index contributed by atoms with van der Waals surface area (Å²) in [5.41, 5.74) is 2.89. The molecular formula is C22H28N4O3. The topological polar surface area (TPSA) is 82.7 Å². The summed E-state index contributed by atoms with van der Waals surface area (Å²) in [7, 11) is 1.67. The van der Waals surface area contributed by atoms with Crippen molar-refractivity contribution in [3.63, 3.8) is 0 Å². The van der Waals surface area contributed by atoms with E-state index >= 15 is 0 Å². The molecule has 0 saturated heterocycles. The number of methoxy groups -OCH3 is 1. The van der Waals surface area contributed by atoms with Crippen LogP contribution in [0.5, 0.6) is 5.75 Å². The van der Waals surface area contributed by atoms with Gasteiger partial charge in [-0.2, -0.15) is 0 Å². The number of ether oxygens (including phenoxy) is 1. The van der Waals surface area contributed by atoms with Crippen molar-refractivity contribution in [2.45, 2.75) is 26.3 Å². The van der Waals surface area contributed by atoms with Gasteiger partial charge in [-0.15, -0.1) is 0 Å². The first-order chi connectivity index (χ1) is 14.0. The maximum absolute atomic E-state index is 12.7. The van der Waals surface area contributed by atoms with Gasteiger partial charge in [-0.05, 0) is 44.5 Å². The Kier molecular flexibility index (Phi) is 6.59. The summed E-state index contributed by atoms with van der Waals surface area (Å²) in [6.07, 6.45) is 0.799. The van der Waals surface area contributed by atoms with E-state index < -0.39 is 0 Å². The molecule has 0 aromatic heterocycles. The minimum absolute atomic E-state index is 0.106. The maximum atomic E-state index is 12.7. The molecule has 2 aromatic rings. The highest BCUT2D eigenvalue weighted by Crippen LogP contribution is 2.30. The number of carbonyl (C=O) groups is 2. The van der Waals surface area contributed by atoms with Crippen molar-refractivity contribution in [3.8, 4) is 5.75 Å². The number of benzene rings is 2. The van der Waals surface area contributed by atoms with Gasteiger partial charge in [-0.25, -0.2) is 0 Å². The van der Waals surface area contributed by atoms with Crippen LogP contribution < -0.4 is 25.6 Å². The van der Waals surface area contributed by atoms with Crippen molar-refractivity contribution in [3.05, 3.63) is 48.0 Å². The zero-order chi connectivity index (χ0) is 20.8. The smallest absolute Gasteiger partial charge is 0.253 e. The molecule has 1 aliphatic heterocycles. The lowest BCUT2D eigenvalue weighted by atomic mass is 10.1. The molecule has 0 fully saturated rings. The summed E-state index contributed by atoms with van der Waals surface area (Å²) in [6, 6.07) is 12.9. The lowest BCUT2D eigenvalue weighted by molar-refractivity contribution is -0.116. The maximum Gasteiger partial charge on any atom is 0.253 e. The molecule has 3 N–H and O–H groups in total.